The number of aliphatic hydroxyl groups excluding tert-OH is 1. The summed E-state index contributed by atoms with van der Waals surface area (Å²) in [6.45, 7) is 2.14. The van der Waals surface area contributed by atoms with Crippen LogP contribution >= 0.6 is 23.4 Å². The fraction of sp³-hybridized carbons (Fsp3) is 0.500. The van der Waals surface area contributed by atoms with Crippen LogP contribution in [0.5, 0.6) is 0 Å². The van der Waals surface area contributed by atoms with Crippen molar-refractivity contribution in [3.05, 3.63) is 34.9 Å². The summed E-state index contributed by atoms with van der Waals surface area (Å²) in [7, 11) is 0. The van der Waals surface area contributed by atoms with E-state index in [-0.39, 0.29) is 6.10 Å². The van der Waals surface area contributed by atoms with E-state index in [0.717, 1.165) is 34.9 Å². The predicted octanol–water partition coefficient (Wildman–Crippen LogP) is 3.39. The third kappa shape index (κ3) is 5.45. The van der Waals surface area contributed by atoms with E-state index in [1.165, 1.54) is 0 Å². The molecule has 84 valence electrons. The molecule has 0 spiro atoms. The summed E-state index contributed by atoms with van der Waals surface area (Å²) in [5.41, 5.74) is 1.15. The third-order valence-corrected chi connectivity index (χ3v) is 3.37. The zero-order valence-electron chi connectivity index (χ0n) is 8.95. The van der Waals surface area contributed by atoms with Crippen LogP contribution in [-0.2, 0) is 6.42 Å². The second kappa shape index (κ2) is 7.15. The van der Waals surface area contributed by atoms with Gasteiger partial charge in [0.1, 0.15) is 0 Å². The smallest absolute Gasteiger partial charge is 0.0588 e. The van der Waals surface area contributed by atoms with Gasteiger partial charge in [-0.3, -0.25) is 0 Å². The SMILES string of the molecule is CCSCCC(O)Cc1ccc(Cl)cc1. The molecule has 0 saturated heterocycles. The lowest BCUT2D eigenvalue weighted by atomic mass is 10.1. The maximum Gasteiger partial charge on any atom is 0.0588 e. The van der Waals surface area contributed by atoms with E-state index < -0.39 is 0 Å². The van der Waals surface area contributed by atoms with Crippen molar-refractivity contribution in [1.29, 1.82) is 0 Å². The van der Waals surface area contributed by atoms with Crippen molar-refractivity contribution in [3.63, 3.8) is 0 Å². The van der Waals surface area contributed by atoms with Crippen LogP contribution in [0, 0.1) is 0 Å². The molecule has 0 amide bonds. The fourth-order valence-corrected chi connectivity index (χ4v) is 2.21. The van der Waals surface area contributed by atoms with Crippen LogP contribution < -0.4 is 0 Å². The van der Waals surface area contributed by atoms with Crippen molar-refractivity contribution >= 4 is 23.4 Å². The Morgan fingerprint density at radius 2 is 2.00 bits per heavy atom. The molecule has 0 saturated carbocycles. The molecule has 1 atom stereocenters. The minimum Gasteiger partial charge on any atom is -0.393 e. The molecule has 0 aliphatic heterocycles. The molecule has 1 aromatic carbocycles. The first-order valence-corrected chi connectivity index (χ1v) is 6.76. The van der Waals surface area contributed by atoms with Crippen molar-refractivity contribution < 1.29 is 5.11 Å². The first-order valence-electron chi connectivity index (χ1n) is 5.22. The maximum absolute atomic E-state index is 9.75. The van der Waals surface area contributed by atoms with Crippen molar-refractivity contribution in [2.75, 3.05) is 11.5 Å². The van der Waals surface area contributed by atoms with E-state index in [4.69, 9.17) is 11.6 Å². The minimum absolute atomic E-state index is 0.231. The standard InChI is InChI=1S/C12H17ClOS/c1-2-15-8-7-12(14)9-10-3-5-11(13)6-4-10/h3-6,12,14H,2,7-9H2,1H3. The average molecular weight is 245 g/mol. The molecule has 0 aromatic heterocycles. The van der Waals surface area contributed by atoms with Crippen LogP contribution in [-0.4, -0.2) is 22.7 Å². The van der Waals surface area contributed by atoms with Gasteiger partial charge < -0.3 is 5.11 Å². The van der Waals surface area contributed by atoms with E-state index in [9.17, 15) is 5.11 Å². The van der Waals surface area contributed by atoms with E-state index in [0.29, 0.717) is 0 Å². The summed E-state index contributed by atoms with van der Waals surface area (Å²) in [5, 5.41) is 10.5. The summed E-state index contributed by atoms with van der Waals surface area (Å²) in [5.74, 6) is 2.15. The Balaban J connectivity index is 2.31. The number of hydrogen-bond acceptors (Lipinski definition) is 2. The molecule has 1 unspecified atom stereocenters. The highest BCUT2D eigenvalue weighted by atomic mass is 35.5. The lowest BCUT2D eigenvalue weighted by Gasteiger charge is -2.09. The van der Waals surface area contributed by atoms with Gasteiger partial charge in [0.15, 0.2) is 0 Å². The molecule has 0 fully saturated rings. The van der Waals surface area contributed by atoms with Gasteiger partial charge in [-0.15, -0.1) is 0 Å². The number of halogens is 1. The second-order valence-corrected chi connectivity index (χ2v) is 5.30. The highest BCUT2D eigenvalue weighted by molar-refractivity contribution is 7.99. The molecule has 0 radical (unpaired) electrons. The van der Waals surface area contributed by atoms with Gasteiger partial charge in [0.2, 0.25) is 0 Å². The molecule has 0 aliphatic rings. The van der Waals surface area contributed by atoms with E-state index >= 15 is 0 Å². The molecule has 1 nitrogen and oxygen atoms in total. The lowest BCUT2D eigenvalue weighted by Crippen LogP contribution is -2.11. The first kappa shape index (κ1) is 12.9. The Morgan fingerprint density at radius 1 is 1.33 bits per heavy atom. The maximum atomic E-state index is 9.75. The summed E-state index contributed by atoms with van der Waals surface area (Å²) in [6.07, 6.45) is 1.35. The van der Waals surface area contributed by atoms with Crippen LogP contribution in [0.4, 0.5) is 0 Å². The quantitative estimate of drug-likeness (QED) is 0.775. The average Bonchev–Trinajstić information content (AvgIpc) is 2.22. The van der Waals surface area contributed by atoms with Crippen molar-refractivity contribution in [2.24, 2.45) is 0 Å². The Morgan fingerprint density at radius 3 is 2.60 bits per heavy atom. The third-order valence-electron chi connectivity index (χ3n) is 2.18. The lowest BCUT2D eigenvalue weighted by molar-refractivity contribution is 0.172. The van der Waals surface area contributed by atoms with E-state index in [2.05, 4.69) is 6.92 Å². The van der Waals surface area contributed by atoms with Crippen molar-refractivity contribution in [1.82, 2.24) is 0 Å². The van der Waals surface area contributed by atoms with Crippen LogP contribution in [0.15, 0.2) is 24.3 Å². The topological polar surface area (TPSA) is 20.2 Å². The van der Waals surface area contributed by atoms with E-state index in [1.54, 1.807) is 0 Å². The molecular weight excluding hydrogens is 228 g/mol. The van der Waals surface area contributed by atoms with Gasteiger partial charge in [-0.25, -0.2) is 0 Å². The molecule has 0 bridgehead atoms. The summed E-state index contributed by atoms with van der Waals surface area (Å²) >= 11 is 7.65. The number of rotatable bonds is 6. The largest absolute Gasteiger partial charge is 0.393 e. The van der Waals surface area contributed by atoms with Crippen molar-refractivity contribution in [2.45, 2.75) is 25.9 Å². The fourth-order valence-electron chi connectivity index (χ4n) is 1.36. The molecule has 15 heavy (non-hydrogen) atoms. The summed E-state index contributed by atoms with van der Waals surface area (Å²) in [6, 6.07) is 7.67. The number of benzene rings is 1. The van der Waals surface area contributed by atoms with E-state index in [1.807, 2.05) is 36.0 Å². The van der Waals surface area contributed by atoms with Gasteiger partial charge in [-0.05, 0) is 42.0 Å². The predicted molar refractivity (Wildman–Crippen MR) is 68.8 cm³/mol. The minimum atomic E-state index is -0.231. The van der Waals surface area contributed by atoms with Crippen molar-refractivity contribution in [3.8, 4) is 0 Å². The molecule has 3 heteroatoms. The zero-order valence-corrected chi connectivity index (χ0v) is 10.5. The molecule has 1 aromatic rings. The van der Waals surface area contributed by atoms with Gasteiger partial charge in [0, 0.05) is 5.02 Å². The Bertz CT molecular complexity index is 273. The number of aliphatic hydroxyl groups is 1. The molecule has 0 aliphatic carbocycles. The van der Waals surface area contributed by atoms with Crippen LogP contribution in [0.25, 0.3) is 0 Å². The van der Waals surface area contributed by atoms with Crippen LogP contribution in [0.1, 0.15) is 18.9 Å². The number of hydrogen-bond donors (Lipinski definition) is 1. The van der Waals surface area contributed by atoms with Gasteiger partial charge in [0.25, 0.3) is 0 Å². The molecule has 1 N–H and O–H groups in total. The zero-order chi connectivity index (χ0) is 11.1. The van der Waals surface area contributed by atoms with Gasteiger partial charge >= 0.3 is 0 Å². The summed E-state index contributed by atoms with van der Waals surface area (Å²) < 4.78 is 0. The van der Waals surface area contributed by atoms with Gasteiger partial charge in [-0.1, -0.05) is 30.7 Å². The molecule has 1 rings (SSSR count). The monoisotopic (exact) mass is 244 g/mol. The highest BCUT2D eigenvalue weighted by Gasteiger charge is 2.05. The normalized spacial score (nSPS) is 12.7. The Labute approximate surface area is 101 Å². The summed E-state index contributed by atoms with van der Waals surface area (Å²) in [4.78, 5) is 0. The van der Waals surface area contributed by atoms with Crippen LogP contribution in [0.2, 0.25) is 5.02 Å². The Hall–Kier alpha value is -0.180. The second-order valence-electron chi connectivity index (χ2n) is 3.47. The van der Waals surface area contributed by atoms with Gasteiger partial charge in [0.05, 0.1) is 6.10 Å². The molecular formula is C12H17ClOS. The van der Waals surface area contributed by atoms with Crippen LogP contribution in [0.3, 0.4) is 0 Å². The number of thioether (sulfide) groups is 1. The van der Waals surface area contributed by atoms with Gasteiger partial charge in [-0.2, -0.15) is 11.8 Å². The highest BCUT2D eigenvalue weighted by Crippen LogP contribution is 2.13. The Kier molecular flexibility index (Phi) is 6.15. The first-order chi connectivity index (χ1) is 7.22. The molecule has 0 heterocycles.